The summed E-state index contributed by atoms with van der Waals surface area (Å²) in [6, 6.07) is 9.83. The molecule has 1 aromatic carbocycles. The molecule has 0 aliphatic carbocycles. The van der Waals surface area contributed by atoms with E-state index in [-0.39, 0.29) is 4.58 Å². The molecular formula is C13H16O2S2. The molecule has 0 bridgehead atoms. The molecule has 1 aromatic rings. The van der Waals surface area contributed by atoms with E-state index in [9.17, 15) is 9.32 Å². The Bertz CT molecular complexity index is 403. The summed E-state index contributed by atoms with van der Waals surface area (Å²) in [4.78, 5) is 0. The van der Waals surface area contributed by atoms with E-state index in [1.54, 1.807) is 17.8 Å². The molecule has 1 aliphatic heterocycles. The van der Waals surface area contributed by atoms with E-state index in [1.807, 2.05) is 36.4 Å². The fraction of sp³-hybridized carbons (Fsp3) is 0.385. The summed E-state index contributed by atoms with van der Waals surface area (Å²) >= 11 is 1.61. The lowest BCUT2D eigenvalue weighted by atomic mass is 10.2. The summed E-state index contributed by atoms with van der Waals surface area (Å²) in [5.41, 5.74) is 1.05. The van der Waals surface area contributed by atoms with Gasteiger partial charge in [-0.05, 0) is 17.7 Å². The van der Waals surface area contributed by atoms with Gasteiger partial charge in [-0.25, -0.2) is 0 Å². The highest BCUT2D eigenvalue weighted by Gasteiger charge is 2.26. The second kappa shape index (κ2) is 6.38. The van der Waals surface area contributed by atoms with Crippen LogP contribution in [0.5, 0.6) is 0 Å². The van der Waals surface area contributed by atoms with Crippen LogP contribution in [-0.2, 0) is 10.8 Å². The monoisotopic (exact) mass is 268 g/mol. The van der Waals surface area contributed by atoms with Crippen LogP contribution in [0, 0.1) is 0 Å². The maximum absolute atomic E-state index is 11.7. The van der Waals surface area contributed by atoms with Crippen molar-refractivity contribution in [3.63, 3.8) is 0 Å². The molecule has 0 amide bonds. The van der Waals surface area contributed by atoms with Crippen LogP contribution in [0.1, 0.15) is 12.0 Å². The van der Waals surface area contributed by atoms with Crippen LogP contribution < -0.4 is 0 Å². The van der Waals surface area contributed by atoms with Crippen molar-refractivity contribution in [2.75, 3.05) is 11.5 Å². The van der Waals surface area contributed by atoms with Gasteiger partial charge in [0.2, 0.25) is 0 Å². The molecule has 1 aliphatic rings. The van der Waals surface area contributed by atoms with Crippen molar-refractivity contribution in [2.24, 2.45) is 0 Å². The van der Waals surface area contributed by atoms with Gasteiger partial charge in [-0.1, -0.05) is 42.5 Å². The normalized spacial score (nSPS) is 27.1. The van der Waals surface area contributed by atoms with E-state index in [0.29, 0.717) is 5.75 Å². The molecule has 0 saturated carbocycles. The molecule has 17 heavy (non-hydrogen) atoms. The van der Waals surface area contributed by atoms with Crippen molar-refractivity contribution in [1.82, 2.24) is 0 Å². The fourth-order valence-corrected chi connectivity index (χ4v) is 4.97. The Kier molecular flexibility index (Phi) is 4.83. The minimum atomic E-state index is -0.904. The summed E-state index contributed by atoms with van der Waals surface area (Å²) in [5, 5.41) is 10.0. The van der Waals surface area contributed by atoms with Crippen LogP contribution in [0.3, 0.4) is 0 Å². The first-order valence-electron chi connectivity index (χ1n) is 5.67. The Morgan fingerprint density at radius 2 is 2.18 bits per heavy atom. The molecule has 1 saturated heterocycles. The molecular weight excluding hydrogens is 252 g/mol. The third kappa shape index (κ3) is 3.69. The number of aliphatic hydroxyl groups excluding tert-OH is 1. The van der Waals surface area contributed by atoms with Gasteiger partial charge in [0, 0.05) is 16.6 Å². The number of benzene rings is 1. The summed E-state index contributed by atoms with van der Waals surface area (Å²) < 4.78 is 11.6. The van der Waals surface area contributed by atoms with E-state index in [2.05, 4.69) is 0 Å². The van der Waals surface area contributed by atoms with Crippen molar-refractivity contribution in [2.45, 2.75) is 17.1 Å². The summed E-state index contributed by atoms with van der Waals surface area (Å²) in [7, 11) is -0.904. The predicted molar refractivity (Wildman–Crippen MR) is 75.4 cm³/mol. The lowest BCUT2D eigenvalue weighted by Gasteiger charge is -2.23. The zero-order valence-corrected chi connectivity index (χ0v) is 11.1. The summed E-state index contributed by atoms with van der Waals surface area (Å²) in [5.74, 6) is 1.71. The van der Waals surface area contributed by atoms with Crippen LogP contribution in [0.25, 0.3) is 6.08 Å². The standard InChI is InChI=1S/C13H16O2S2/c14-12(13-16-9-4-10-17(13)15)8-7-11-5-2-1-3-6-11/h1-3,5-8,12-14H,4,9-10H2/b8-7+. The lowest BCUT2D eigenvalue weighted by molar-refractivity contribution is 0.240. The lowest BCUT2D eigenvalue weighted by Crippen LogP contribution is -2.30. The number of aliphatic hydroxyl groups is 1. The molecule has 4 heteroatoms. The number of hydrogen-bond donors (Lipinski definition) is 1. The van der Waals surface area contributed by atoms with Gasteiger partial charge in [0.1, 0.15) is 4.58 Å². The van der Waals surface area contributed by atoms with Crippen molar-refractivity contribution in [3.8, 4) is 0 Å². The molecule has 3 unspecified atom stereocenters. The maximum atomic E-state index is 11.7. The molecule has 1 N–H and O–H groups in total. The molecule has 1 fully saturated rings. The largest absolute Gasteiger partial charge is 0.387 e. The Morgan fingerprint density at radius 3 is 2.88 bits per heavy atom. The first-order valence-corrected chi connectivity index (χ1v) is 8.10. The van der Waals surface area contributed by atoms with Gasteiger partial charge in [-0.3, -0.25) is 4.21 Å². The van der Waals surface area contributed by atoms with E-state index in [1.165, 1.54) is 0 Å². The molecule has 0 radical (unpaired) electrons. The zero-order chi connectivity index (χ0) is 12.1. The maximum Gasteiger partial charge on any atom is 0.110 e. The van der Waals surface area contributed by atoms with Gasteiger partial charge in [0.05, 0.1) is 6.10 Å². The van der Waals surface area contributed by atoms with E-state index in [0.717, 1.165) is 17.7 Å². The highest BCUT2D eigenvalue weighted by Crippen LogP contribution is 2.26. The van der Waals surface area contributed by atoms with Gasteiger partial charge >= 0.3 is 0 Å². The molecule has 2 rings (SSSR count). The van der Waals surface area contributed by atoms with Crippen LogP contribution in [0.2, 0.25) is 0 Å². The molecule has 2 nitrogen and oxygen atoms in total. The van der Waals surface area contributed by atoms with Gasteiger partial charge in [-0.15, -0.1) is 11.8 Å². The molecule has 92 valence electrons. The molecule has 0 spiro atoms. The average Bonchev–Trinajstić information content (AvgIpc) is 2.38. The third-order valence-electron chi connectivity index (χ3n) is 2.60. The van der Waals surface area contributed by atoms with Crippen molar-refractivity contribution in [1.29, 1.82) is 0 Å². The molecule has 0 aromatic heterocycles. The highest BCUT2D eigenvalue weighted by atomic mass is 32.2. The van der Waals surface area contributed by atoms with Crippen LogP contribution >= 0.6 is 11.8 Å². The Hall–Kier alpha value is -0.580. The summed E-state index contributed by atoms with van der Waals surface area (Å²) in [6.07, 6.45) is 4.00. The van der Waals surface area contributed by atoms with Crippen molar-refractivity contribution >= 4 is 28.6 Å². The van der Waals surface area contributed by atoms with Gasteiger partial charge in [0.25, 0.3) is 0 Å². The van der Waals surface area contributed by atoms with E-state index >= 15 is 0 Å². The topological polar surface area (TPSA) is 37.3 Å². The quantitative estimate of drug-likeness (QED) is 0.914. The van der Waals surface area contributed by atoms with Crippen LogP contribution in [0.4, 0.5) is 0 Å². The Balaban J connectivity index is 1.98. The Labute approximate surface area is 109 Å². The van der Waals surface area contributed by atoms with Crippen molar-refractivity contribution in [3.05, 3.63) is 42.0 Å². The second-order valence-corrected chi connectivity index (χ2v) is 7.16. The van der Waals surface area contributed by atoms with E-state index in [4.69, 9.17) is 0 Å². The first kappa shape index (κ1) is 12.9. The van der Waals surface area contributed by atoms with Crippen LogP contribution in [-0.4, -0.2) is 31.5 Å². The van der Waals surface area contributed by atoms with Crippen molar-refractivity contribution < 1.29 is 9.32 Å². The van der Waals surface area contributed by atoms with Gasteiger partial charge in [-0.2, -0.15) is 0 Å². The minimum Gasteiger partial charge on any atom is -0.387 e. The highest BCUT2D eigenvalue weighted by molar-refractivity contribution is 8.11. The minimum absolute atomic E-state index is 0.163. The fourth-order valence-electron chi connectivity index (χ4n) is 1.71. The number of thioether (sulfide) groups is 1. The van der Waals surface area contributed by atoms with Gasteiger partial charge in [0.15, 0.2) is 0 Å². The van der Waals surface area contributed by atoms with E-state index < -0.39 is 16.9 Å². The third-order valence-corrected chi connectivity index (χ3v) is 6.27. The second-order valence-electron chi connectivity index (χ2n) is 3.94. The Morgan fingerprint density at radius 1 is 1.41 bits per heavy atom. The van der Waals surface area contributed by atoms with Gasteiger partial charge < -0.3 is 5.11 Å². The first-order chi connectivity index (χ1) is 8.27. The molecule has 1 heterocycles. The zero-order valence-electron chi connectivity index (χ0n) is 9.49. The van der Waals surface area contributed by atoms with Crippen LogP contribution in [0.15, 0.2) is 36.4 Å². The average molecular weight is 268 g/mol. The molecule has 3 atom stereocenters. The number of rotatable bonds is 3. The smallest absolute Gasteiger partial charge is 0.110 e. The SMILES string of the molecule is O=S1CCCSC1C(O)/C=C/c1ccccc1. The number of hydrogen-bond acceptors (Lipinski definition) is 3. The summed E-state index contributed by atoms with van der Waals surface area (Å²) in [6.45, 7) is 0. The predicted octanol–water partition coefficient (Wildman–Crippen LogP) is 2.27.